The average Bonchev–Trinajstić information content (AvgIpc) is 2.65. The van der Waals surface area contributed by atoms with Crippen molar-refractivity contribution in [2.75, 3.05) is 65.9 Å². The molecule has 27 heavy (non-hydrogen) atoms. The van der Waals surface area contributed by atoms with Crippen molar-refractivity contribution in [1.82, 2.24) is 5.32 Å². The first-order chi connectivity index (χ1) is 13.1. The molecule has 158 valence electrons. The van der Waals surface area contributed by atoms with Crippen LogP contribution in [0.3, 0.4) is 0 Å². The Hall–Kier alpha value is -1.59. The molecule has 0 bridgehead atoms. The molecule has 0 saturated carbocycles. The molecule has 0 fully saturated rings. The van der Waals surface area contributed by atoms with Crippen molar-refractivity contribution in [3.05, 3.63) is 0 Å². The van der Waals surface area contributed by atoms with Crippen LogP contribution in [0.2, 0.25) is 0 Å². The molecular formula is C17H35N5O5. The van der Waals surface area contributed by atoms with E-state index in [1.54, 1.807) is 0 Å². The van der Waals surface area contributed by atoms with Crippen molar-refractivity contribution in [3.63, 3.8) is 0 Å². The van der Waals surface area contributed by atoms with E-state index in [1.807, 2.05) is 6.92 Å². The van der Waals surface area contributed by atoms with Gasteiger partial charge in [0.2, 0.25) is 5.91 Å². The van der Waals surface area contributed by atoms with Gasteiger partial charge in [-0.2, -0.15) is 5.10 Å². The molecule has 0 aliphatic carbocycles. The summed E-state index contributed by atoms with van der Waals surface area (Å²) in [5.41, 5.74) is 5.84. The zero-order chi connectivity index (χ0) is 20.2. The number of nitrogens with two attached hydrogens (primary N) is 2. The molecule has 0 aromatic rings. The van der Waals surface area contributed by atoms with Crippen molar-refractivity contribution in [2.45, 2.75) is 26.4 Å². The van der Waals surface area contributed by atoms with Crippen LogP contribution in [0.15, 0.2) is 10.1 Å². The van der Waals surface area contributed by atoms with Gasteiger partial charge >= 0.3 is 0 Å². The number of nitrogens with one attached hydrogen (secondary N) is 1. The van der Waals surface area contributed by atoms with E-state index < -0.39 is 0 Å². The minimum absolute atomic E-state index is 0.132. The highest BCUT2D eigenvalue weighted by Gasteiger charge is 2.02. The number of ether oxygens (including phenoxy) is 4. The van der Waals surface area contributed by atoms with Crippen molar-refractivity contribution >= 4 is 17.8 Å². The Morgan fingerprint density at radius 1 is 1.07 bits per heavy atom. The lowest BCUT2D eigenvalue weighted by Gasteiger charge is -2.13. The predicted molar refractivity (Wildman–Crippen MR) is 105 cm³/mol. The van der Waals surface area contributed by atoms with Gasteiger partial charge in [-0.15, -0.1) is 0 Å². The van der Waals surface area contributed by atoms with Crippen LogP contribution < -0.4 is 16.9 Å². The third-order valence-corrected chi connectivity index (χ3v) is 3.22. The number of rotatable bonds is 18. The molecule has 0 rings (SSSR count). The van der Waals surface area contributed by atoms with E-state index in [0.29, 0.717) is 65.0 Å². The molecule has 0 saturated heterocycles. The smallest absolute Gasteiger partial charge is 0.217 e. The monoisotopic (exact) mass is 389 g/mol. The molecule has 1 unspecified atom stereocenters. The van der Waals surface area contributed by atoms with Gasteiger partial charge in [0.15, 0.2) is 0 Å². The lowest BCUT2D eigenvalue weighted by atomic mass is 10.3. The van der Waals surface area contributed by atoms with Crippen LogP contribution in [0, 0.1) is 0 Å². The molecule has 1 amide bonds. The first kappa shape index (κ1) is 25.4. The minimum Gasteiger partial charge on any atom is -0.380 e. The number of carbonyl (C=O) groups is 1. The first-order valence-electron chi connectivity index (χ1n) is 9.16. The lowest BCUT2D eigenvalue weighted by molar-refractivity contribution is -0.118. The summed E-state index contributed by atoms with van der Waals surface area (Å²) in [7, 11) is 0. The fourth-order valence-corrected chi connectivity index (χ4v) is 1.78. The zero-order valence-electron chi connectivity index (χ0n) is 16.5. The third-order valence-electron chi connectivity index (χ3n) is 3.22. The summed E-state index contributed by atoms with van der Waals surface area (Å²) in [5.74, 6) is 5.06. The number of nitrogens with zero attached hydrogens (tertiary/aromatic N) is 2. The summed E-state index contributed by atoms with van der Waals surface area (Å²) in [4.78, 5) is 14.9. The van der Waals surface area contributed by atoms with E-state index in [-0.39, 0.29) is 18.6 Å². The largest absolute Gasteiger partial charge is 0.380 e. The van der Waals surface area contributed by atoms with Gasteiger partial charge in [-0.1, -0.05) is 0 Å². The maximum absolute atomic E-state index is 10.8. The lowest BCUT2D eigenvalue weighted by Crippen LogP contribution is -2.28. The number of hydrazone groups is 1. The Morgan fingerprint density at radius 2 is 1.74 bits per heavy atom. The van der Waals surface area contributed by atoms with Crippen LogP contribution in [-0.2, 0) is 23.7 Å². The van der Waals surface area contributed by atoms with Crippen molar-refractivity contribution in [1.29, 1.82) is 0 Å². The molecule has 0 aromatic carbocycles. The molecule has 10 heteroatoms. The SMILES string of the molecule is CC(=O)NCC(C=NCCOCCOCCOC(C)CCOCCN)=NN. The first-order valence-corrected chi connectivity index (χ1v) is 9.16. The fourth-order valence-electron chi connectivity index (χ4n) is 1.78. The minimum atomic E-state index is -0.149. The van der Waals surface area contributed by atoms with Crippen LogP contribution >= 0.6 is 0 Å². The Labute approximate surface area is 161 Å². The number of carbonyl (C=O) groups excluding carboxylic acids is 1. The van der Waals surface area contributed by atoms with Gasteiger partial charge in [0.1, 0.15) is 0 Å². The maximum atomic E-state index is 10.8. The summed E-state index contributed by atoms with van der Waals surface area (Å²) in [5, 5.41) is 6.13. The molecule has 0 heterocycles. The van der Waals surface area contributed by atoms with Crippen molar-refractivity contribution in [2.24, 2.45) is 21.7 Å². The zero-order valence-corrected chi connectivity index (χ0v) is 16.5. The van der Waals surface area contributed by atoms with E-state index in [2.05, 4.69) is 15.4 Å². The number of amides is 1. The topological polar surface area (TPSA) is 143 Å². The highest BCUT2D eigenvalue weighted by molar-refractivity contribution is 6.31. The molecule has 0 spiro atoms. The van der Waals surface area contributed by atoms with Crippen LogP contribution in [0.25, 0.3) is 0 Å². The Bertz CT molecular complexity index is 421. The molecule has 0 aromatic heterocycles. The van der Waals surface area contributed by atoms with Gasteiger partial charge in [0.25, 0.3) is 0 Å². The fraction of sp³-hybridized carbons (Fsp3) is 0.824. The van der Waals surface area contributed by atoms with Crippen LogP contribution in [0.1, 0.15) is 20.3 Å². The number of aliphatic imine (C=N–C) groups is 1. The van der Waals surface area contributed by atoms with E-state index >= 15 is 0 Å². The molecular weight excluding hydrogens is 354 g/mol. The predicted octanol–water partition coefficient (Wildman–Crippen LogP) is -0.688. The van der Waals surface area contributed by atoms with E-state index in [1.165, 1.54) is 13.1 Å². The van der Waals surface area contributed by atoms with Gasteiger partial charge in [0.05, 0.1) is 64.5 Å². The van der Waals surface area contributed by atoms with Gasteiger partial charge in [0, 0.05) is 26.3 Å². The normalized spacial score (nSPS) is 13.2. The Balaban J connectivity index is 3.42. The second kappa shape index (κ2) is 19.2. The summed E-state index contributed by atoms with van der Waals surface area (Å²) in [6.45, 7) is 8.46. The Kier molecular flexibility index (Phi) is 18.0. The summed E-state index contributed by atoms with van der Waals surface area (Å²) >= 11 is 0. The van der Waals surface area contributed by atoms with Crippen LogP contribution in [0.4, 0.5) is 0 Å². The molecule has 0 radical (unpaired) electrons. The highest BCUT2D eigenvalue weighted by Crippen LogP contribution is 1.97. The van der Waals surface area contributed by atoms with Gasteiger partial charge in [-0.3, -0.25) is 9.79 Å². The second-order valence-electron chi connectivity index (χ2n) is 5.66. The van der Waals surface area contributed by atoms with E-state index in [4.69, 9.17) is 30.5 Å². The van der Waals surface area contributed by atoms with E-state index in [9.17, 15) is 4.79 Å². The molecule has 1 atom stereocenters. The van der Waals surface area contributed by atoms with Crippen LogP contribution in [-0.4, -0.2) is 89.8 Å². The van der Waals surface area contributed by atoms with Crippen molar-refractivity contribution in [3.8, 4) is 0 Å². The van der Waals surface area contributed by atoms with Gasteiger partial charge in [-0.25, -0.2) is 0 Å². The molecule has 5 N–H and O–H groups in total. The summed E-state index contributed by atoms with van der Waals surface area (Å²) < 4.78 is 21.7. The highest BCUT2D eigenvalue weighted by atomic mass is 16.5. The average molecular weight is 389 g/mol. The maximum Gasteiger partial charge on any atom is 0.217 e. The number of hydrogen-bond donors (Lipinski definition) is 3. The van der Waals surface area contributed by atoms with Gasteiger partial charge in [-0.05, 0) is 13.3 Å². The molecule has 0 aliphatic heterocycles. The molecule has 10 nitrogen and oxygen atoms in total. The Morgan fingerprint density at radius 3 is 2.41 bits per heavy atom. The summed E-state index contributed by atoms with van der Waals surface area (Å²) in [6.07, 6.45) is 2.49. The third kappa shape index (κ3) is 19.0. The second-order valence-corrected chi connectivity index (χ2v) is 5.66. The number of hydrogen-bond acceptors (Lipinski definition) is 9. The quantitative estimate of drug-likeness (QED) is 0.122. The van der Waals surface area contributed by atoms with E-state index in [0.717, 1.165) is 6.42 Å². The van der Waals surface area contributed by atoms with Gasteiger partial charge < -0.3 is 35.8 Å². The summed E-state index contributed by atoms with van der Waals surface area (Å²) in [6, 6.07) is 0. The van der Waals surface area contributed by atoms with Crippen molar-refractivity contribution < 1.29 is 23.7 Å². The van der Waals surface area contributed by atoms with Crippen LogP contribution in [0.5, 0.6) is 0 Å². The standard InChI is InChI=1S/C17H35N5O5/c1-15(3-6-24-7-4-18)27-12-11-26-10-9-25-8-5-20-13-17(22-19)14-21-16(2)23/h13,15H,3-12,14,18-19H2,1-2H3,(H,21,23). The molecule has 0 aliphatic rings.